The van der Waals surface area contributed by atoms with E-state index in [1.807, 2.05) is 0 Å². The number of thiazole rings is 1. The SMILES string of the molecule is CC(N)CCc1ccc2sc(C(C)C)nc2c1. The molecule has 2 nitrogen and oxygen atoms in total. The zero-order valence-electron chi connectivity index (χ0n) is 10.7. The number of aromatic nitrogens is 1. The molecule has 0 fully saturated rings. The maximum absolute atomic E-state index is 5.78. The Morgan fingerprint density at radius 2 is 2.06 bits per heavy atom. The summed E-state index contributed by atoms with van der Waals surface area (Å²) in [5.41, 5.74) is 8.27. The standard InChI is InChI=1S/C14H20N2S/c1-9(2)14-16-12-8-11(5-4-10(3)15)6-7-13(12)17-14/h6-10H,4-5,15H2,1-3H3. The van der Waals surface area contributed by atoms with Crippen molar-refractivity contribution in [2.24, 2.45) is 5.73 Å². The average Bonchev–Trinajstić information content (AvgIpc) is 2.69. The fourth-order valence-corrected chi connectivity index (χ4v) is 2.74. The molecule has 0 aliphatic carbocycles. The lowest BCUT2D eigenvalue weighted by Crippen LogP contribution is -2.15. The highest BCUT2D eigenvalue weighted by Crippen LogP contribution is 2.28. The number of fused-ring (bicyclic) bond motifs is 1. The van der Waals surface area contributed by atoms with Gasteiger partial charge in [0, 0.05) is 12.0 Å². The second-order valence-electron chi connectivity index (χ2n) is 5.02. The van der Waals surface area contributed by atoms with Crippen molar-refractivity contribution in [1.29, 1.82) is 0 Å². The van der Waals surface area contributed by atoms with Gasteiger partial charge in [-0.15, -0.1) is 11.3 Å². The Morgan fingerprint density at radius 3 is 2.71 bits per heavy atom. The van der Waals surface area contributed by atoms with Crippen LogP contribution in [0.1, 0.15) is 43.7 Å². The molecule has 1 aromatic carbocycles. The Hall–Kier alpha value is -0.930. The van der Waals surface area contributed by atoms with Crippen molar-refractivity contribution >= 4 is 21.6 Å². The third kappa shape index (κ3) is 3.05. The first-order valence-electron chi connectivity index (χ1n) is 6.21. The molecule has 2 aromatic rings. The quantitative estimate of drug-likeness (QED) is 0.896. The van der Waals surface area contributed by atoms with Crippen molar-refractivity contribution in [2.45, 2.75) is 45.6 Å². The minimum absolute atomic E-state index is 0.271. The summed E-state index contributed by atoms with van der Waals surface area (Å²) in [6.45, 7) is 6.43. The van der Waals surface area contributed by atoms with E-state index >= 15 is 0 Å². The van der Waals surface area contributed by atoms with Gasteiger partial charge in [0.05, 0.1) is 15.2 Å². The van der Waals surface area contributed by atoms with E-state index in [1.165, 1.54) is 15.3 Å². The molecule has 2 rings (SSSR count). The number of rotatable bonds is 4. The molecule has 1 aromatic heterocycles. The Bertz CT molecular complexity index is 500. The van der Waals surface area contributed by atoms with Gasteiger partial charge >= 0.3 is 0 Å². The Balaban J connectivity index is 2.24. The molecule has 0 aliphatic rings. The Kier molecular flexibility index (Phi) is 3.79. The molecule has 1 atom stereocenters. The molecule has 17 heavy (non-hydrogen) atoms. The molecular weight excluding hydrogens is 228 g/mol. The molecule has 0 radical (unpaired) electrons. The van der Waals surface area contributed by atoms with Gasteiger partial charge in [-0.3, -0.25) is 0 Å². The second-order valence-corrected chi connectivity index (χ2v) is 6.09. The zero-order chi connectivity index (χ0) is 12.4. The molecule has 0 spiro atoms. The van der Waals surface area contributed by atoms with E-state index in [2.05, 4.69) is 44.0 Å². The average molecular weight is 248 g/mol. The fourth-order valence-electron chi connectivity index (χ4n) is 1.79. The summed E-state index contributed by atoms with van der Waals surface area (Å²) in [4.78, 5) is 4.69. The van der Waals surface area contributed by atoms with Gasteiger partial charge in [-0.05, 0) is 37.5 Å². The first kappa shape index (κ1) is 12.5. The number of benzene rings is 1. The van der Waals surface area contributed by atoms with Crippen molar-refractivity contribution < 1.29 is 0 Å². The van der Waals surface area contributed by atoms with E-state index < -0.39 is 0 Å². The minimum Gasteiger partial charge on any atom is -0.328 e. The van der Waals surface area contributed by atoms with E-state index in [4.69, 9.17) is 5.73 Å². The van der Waals surface area contributed by atoms with E-state index in [0.29, 0.717) is 5.92 Å². The summed E-state index contributed by atoms with van der Waals surface area (Å²) in [6.07, 6.45) is 2.08. The lowest BCUT2D eigenvalue weighted by atomic mass is 10.1. The van der Waals surface area contributed by atoms with Crippen LogP contribution in [0.25, 0.3) is 10.2 Å². The van der Waals surface area contributed by atoms with Crippen LogP contribution >= 0.6 is 11.3 Å². The first-order chi connectivity index (χ1) is 8.06. The maximum atomic E-state index is 5.78. The summed E-state index contributed by atoms with van der Waals surface area (Å²) < 4.78 is 1.29. The molecule has 0 aliphatic heterocycles. The van der Waals surface area contributed by atoms with Crippen molar-refractivity contribution in [1.82, 2.24) is 4.98 Å². The number of nitrogens with zero attached hydrogens (tertiary/aromatic N) is 1. The van der Waals surface area contributed by atoms with E-state index in [-0.39, 0.29) is 6.04 Å². The number of nitrogens with two attached hydrogens (primary N) is 1. The van der Waals surface area contributed by atoms with Crippen LogP contribution in [0, 0.1) is 0 Å². The van der Waals surface area contributed by atoms with Gasteiger partial charge in [0.2, 0.25) is 0 Å². The summed E-state index contributed by atoms with van der Waals surface area (Å²) >= 11 is 1.80. The second kappa shape index (κ2) is 5.15. The van der Waals surface area contributed by atoms with Gasteiger partial charge in [-0.25, -0.2) is 4.98 Å². The third-order valence-corrected chi connectivity index (χ3v) is 4.19. The van der Waals surface area contributed by atoms with Gasteiger partial charge in [0.1, 0.15) is 0 Å². The lowest BCUT2D eigenvalue weighted by molar-refractivity contribution is 0.666. The van der Waals surface area contributed by atoms with Gasteiger partial charge in [0.25, 0.3) is 0 Å². The van der Waals surface area contributed by atoms with Crippen molar-refractivity contribution in [3.8, 4) is 0 Å². The van der Waals surface area contributed by atoms with Crippen LogP contribution in [-0.2, 0) is 6.42 Å². The normalized spacial score (nSPS) is 13.5. The highest BCUT2D eigenvalue weighted by Gasteiger charge is 2.07. The highest BCUT2D eigenvalue weighted by molar-refractivity contribution is 7.18. The zero-order valence-corrected chi connectivity index (χ0v) is 11.6. The summed E-state index contributed by atoms with van der Waals surface area (Å²) in [5.74, 6) is 0.514. The van der Waals surface area contributed by atoms with Gasteiger partial charge in [-0.1, -0.05) is 19.9 Å². The predicted octanol–water partition coefficient (Wildman–Crippen LogP) is 3.70. The van der Waals surface area contributed by atoms with Crippen LogP contribution in [0.2, 0.25) is 0 Å². The maximum Gasteiger partial charge on any atom is 0.0963 e. The van der Waals surface area contributed by atoms with Crippen molar-refractivity contribution in [2.75, 3.05) is 0 Å². The van der Waals surface area contributed by atoms with Crippen molar-refractivity contribution in [3.63, 3.8) is 0 Å². The molecule has 1 unspecified atom stereocenters. The highest BCUT2D eigenvalue weighted by atomic mass is 32.1. The monoisotopic (exact) mass is 248 g/mol. The van der Waals surface area contributed by atoms with Crippen LogP contribution in [0.5, 0.6) is 0 Å². The van der Waals surface area contributed by atoms with E-state index in [0.717, 1.165) is 18.4 Å². The van der Waals surface area contributed by atoms with Gasteiger partial charge in [-0.2, -0.15) is 0 Å². The molecule has 0 saturated heterocycles. The lowest BCUT2D eigenvalue weighted by Gasteiger charge is -2.04. The molecule has 0 saturated carbocycles. The largest absolute Gasteiger partial charge is 0.328 e. The van der Waals surface area contributed by atoms with Crippen LogP contribution in [0.15, 0.2) is 18.2 Å². The molecule has 0 amide bonds. The number of aryl methyl sites for hydroxylation is 1. The van der Waals surface area contributed by atoms with Crippen LogP contribution in [-0.4, -0.2) is 11.0 Å². The molecule has 92 valence electrons. The van der Waals surface area contributed by atoms with Crippen LogP contribution in [0.3, 0.4) is 0 Å². The first-order valence-corrected chi connectivity index (χ1v) is 7.03. The number of hydrogen-bond acceptors (Lipinski definition) is 3. The molecule has 0 bridgehead atoms. The molecule has 3 heteroatoms. The van der Waals surface area contributed by atoms with E-state index in [9.17, 15) is 0 Å². The Labute approximate surface area is 107 Å². The van der Waals surface area contributed by atoms with Gasteiger partial charge in [0.15, 0.2) is 0 Å². The van der Waals surface area contributed by atoms with Crippen molar-refractivity contribution in [3.05, 3.63) is 28.8 Å². The topological polar surface area (TPSA) is 38.9 Å². The van der Waals surface area contributed by atoms with Crippen LogP contribution < -0.4 is 5.73 Å². The van der Waals surface area contributed by atoms with E-state index in [1.54, 1.807) is 11.3 Å². The minimum atomic E-state index is 0.271. The summed E-state index contributed by atoms with van der Waals surface area (Å²) in [7, 11) is 0. The van der Waals surface area contributed by atoms with Crippen LogP contribution in [0.4, 0.5) is 0 Å². The molecule has 1 heterocycles. The summed E-state index contributed by atoms with van der Waals surface area (Å²) in [5, 5.41) is 1.23. The molecular formula is C14H20N2S. The smallest absolute Gasteiger partial charge is 0.0963 e. The Morgan fingerprint density at radius 1 is 1.29 bits per heavy atom. The third-order valence-electron chi connectivity index (χ3n) is 2.85. The number of hydrogen-bond donors (Lipinski definition) is 1. The van der Waals surface area contributed by atoms with Gasteiger partial charge < -0.3 is 5.73 Å². The summed E-state index contributed by atoms with van der Waals surface area (Å²) in [6, 6.07) is 6.87. The fraction of sp³-hybridized carbons (Fsp3) is 0.500. The molecule has 2 N–H and O–H groups in total. The predicted molar refractivity (Wildman–Crippen MR) is 75.7 cm³/mol.